The van der Waals surface area contributed by atoms with Crippen LogP contribution in [-0.4, -0.2) is 6.61 Å². The van der Waals surface area contributed by atoms with Gasteiger partial charge in [0.2, 0.25) is 0 Å². The molecule has 96 valence electrons. The first kappa shape index (κ1) is 11.1. The Bertz CT molecular complexity index is 641. The van der Waals surface area contributed by atoms with E-state index >= 15 is 0 Å². The summed E-state index contributed by atoms with van der Waals surface area (Å²) in [5, 5.41) is 0. The van der Waals surface area contributed by atoms with E-state index < -0.39 is 0 Å². The third-order valence-electron chi connectivity index (χ3n) is 4.16. The van der Waals surface area contributed by atoms with Crippen molar-refractivity contribution >= 4 is 0 Å². The number of hydrogen-bond donors (Lipinski definition) is 0. The van der Waals surface area contributed by atoms with Crippen molar-refractivity contribution in [2.75, 3.05) is 6.61 Å². The first-order valence-corrected chi connectivity index (χ1v) is 6.82. The van der Waals surface area contributed by atoms with Crippen LogP contribution in [0, 0.1) is 0 Å². The largest absolute Gasteiger partial charge is 0.488 e. The molecule has 0 bridgehead atoms. The summed E-state index contributed by atoms with van der Waals surface area (Å²) in [5.74, 6) is 0.964. The third kappa shape index (κ3) is 1.53. The van der Waals surface area contributed by atoms with Crippen LogP contribution in [0.2, 0.25) is 0 Å². The molecule has 0 saturated carbocycles. The molecule has 1 saturated heterocycles. The Morgan fingerprint density at radius 1 is 1.11 bits per heavy atom. The molecule has 2 heteroatoms. The number of hydrogen-bond acceptors (Lipinski definition) is 2. The number of epoxide rings is 1. The lowest BCUT2D eigenvalue weighted by atomic mass is 9.88. The van der Waals surface area contributed by atoms with Gasteiger partial charge in [0.05, 0.1) is 6.61 Å². The van der Waals surface area contributed by atoms with Gasteiger partial charge in [-0.3, -0.25) is 0 Å². The molecule has 1 atom stereocenters. The maximum atomic E-state index is 5.97. The van der Waals surface area contributed by atoms with Crippen molar-refractivity contribution in [3.8, 4) is 5.75 Å². The van der Waals surface area contributed by atoms with Crippen LogP contribution in [0.5, 0.6) is 5.75 Å². The van der Waals surface area contributed by atoms with Gasteiger partial charge in [0.25, 0.3) is 0 Å². The number of benzene rings is 2. The standard InChI is InChI=1S/C17H16O2/c1-2-12-7-8-16-15(9-12)17(11-19-17)14-6-4-3-5-13(14)10-18-16/h3-9H,2,10-11H2,1H3. The van der Waals surface area contributed by atoms with Gasteiger partial charge in [0, 0.05) is 5.56 Å². The van der Waals surface area contributed by atoms with Gasteiger partial charge in [-0.1, -0.05) is 37.3 Å². The Balaban J connectivity index is 1.95. The van der Waals surface area contributed by atoms with Crippen LogP contribution < -0.4 is 4.74 Å². The summed E-state index contributed by atoms with van der Waals surface area (Å²) >= 11 is 0. The van der Waals surface area contributed by atoms with Crippen molar-refractivity contribution in [1.82, 2.24) is 0 Å². The zero-order valence-electron chi connectivity index (χ0n) is 11.0. The van der Waals surface area contributed by atoms with Gasteiger partial charge in [-0.15, -0.1) is 0 Å². The summed E-state index contributed by atoms with van der Waals surface area (Å²) < 4.78 is 11.9. The van der Waals surface area contributed by atoms with Crippen LogP contribution in [0.4, 0.5) is 0 Å². The van der Waals surface area contributed by atoms with Crippen molar-refractivity contribution in [1.29, 1.82) is 0 Å². The summed E-state index contributed by atoms with van der Waals surface area (Å²) in [6.45, 7) is 3.56. The van der Waals surface area contributed by atoms with Gasteiger partial charge >= 0.3 is 0 Å². The lowest BCUT2D eigenvalue weighted by molar-refractivity contribution is 0.303. The molecular weight excluding hydrogens is 236 g/mol. The molecule has 4 rings (SSSR count). The Kier molecular flexibility index (Phi) is 2.24. The average Bonchev–Trinajstić information content (AvgIpc) is 3.28. The van der Waals surface area contributed by atoms with Crippen LogP contribution in [-0.2, 0) is 23.4 Å². The highest BCUT2D eigenvalue weighted by Gasteiger charge is 2.52. The summed E-state index contributed by atoms with van der Waals surface area (Å²) in [4.78, 5) is 0. The lowest BCUT2D eigenvalue weighted by Gasteiger charge is -2.15. The van der Waals surface area contributed by atoms with E-state index in [1.807, 2.05) is 0 Å². The number of aryl methyl sites for hydroxylation is 1. The maximum Gasteiger partial charge on any atom is 0.145 e. The average molecular weight is 252 g/mol. The van der Waals surface area contributed by atoms with Crippen molar-refractivity contribution in [3.05, 3.63) is 64.7 Å². The number of ether oxygens (including phenoxy) is 2. The molecular formula is C17H16O2. The maximum absolute atomic E-state index is 5.97. The van der Waals surface area contributed by atoms with Crippen LogP contribution in [0.25, 0.3) is 0 Å². The molecule has 0 amide bonds. The molecule has 1 spiro atoms. The van der Waals surface area contributed by atoms with Crippen molar-refractivity contribution in [3.63, 3.8) is 0 Å². The molecule has 2 nitrogen and oxygen atoms in total. The Morgan fingerprint density at radius 2 is 1.95 bits per heavy atom. The zero-order valence-corrected chi connectivity index (χ0v) is 11.0. The van der Waals surface area contributed by atoms with Gasteiger partial charge in [-0.05, 0) is 35.2 Å². The summed E-state index contributed by atoms with van der Waals surface area (Å²) in [5.41, 5.74) is 4.76. The fourth-order valence-electron chi connectivity index (χ4n) is 2.96. The molecule has 0 N–H and O–H groups in total. The summed E-state index contributed by atoms with van der Waals surface area (Å²) in [6.07, 6.45) is 1.03. The molecule has 2 aromatic carbocycles. The van der Waals surface area contributed by atoms with E-state index in [9.17, 15) is 0 Å². The third-order valence-corrected chi connectivity index (χ3v) is 4.16. The molecule has 2 heterocycles. The predicted octanol–water partition coefficient (Wildman–Crippen LogP) is 3.42. The van der Waals surface area contributed by atoms with E-state index in [4.69, 9.17) is 9.47 Å². The monoisotopic (exact) mass is 252 g/mol. The fraction of sp³-hybridized carbons (Fsp3) is 0.294. The quantitative estimate of drug-likeness (QED) is 0.725. The Labute approximate surface area is 113 Å². The van der Waals surface area contributed by atoms with Crippen LogP contribution in [0.15, 0.2) is 42.5 Å². The van der Waals surface area contributed by atoms with E-state index in [0.717, 1.165) is 18.8 Å². The molecule has 1 unspecified atom stereocenters. The minimum absolute atomic E-state index is 0.256. The van der Waals surface area contributed by atoms with Gasteiger partial charge in [0.1, 0.15) is 18.0 Å². The van der Waals surface area contributed by atoms with E-state index in [-0.39, 0.29) is 5.60 Å². The molecule has 0 radical (unpaired) electrons. The van der Waals surface area contributed by atoms with Crippen LogP contribution in [0.3, 0.4) is 0 Å². The van der Waals surface area contributed by atoms with Crippen LogP contribution in [0.1, 0.15) is 29.2 Å². The van der Waals surface area contributed by atoms with Crippen LogP contribution >= 0.6 is 0 Å². The minimum Gasteiger partial charge on any atom is -0.488 e. The molecule has 2 aliphatic rings. The van der Waals surface area contributed by atoms with E-state index in [0.29, 0.717) is 6.61 Å². The molecule has 2 aromatic rings. The van der Waals surface area contributed by atoms with Gasteiger partial charge in [-0.2, -0.15) is 0 Å². The minimum atomic E-state index is -0.256. The van der Waals surface area contributed by atoms with Crippen molar-refractivity contribution in [2.45, 2.75) is 25.6 Å². The highest BCUT2D eigenvalue weighted by Crippen LogP contribution is 2.51. The summed E-state index contributed by atoms with van der Waals surface area (Å²) in [7, 11) is 0. The van der Waals surface area contributed by atoms with E-state index in [2.05, 4.69) is 49.4 Å². The van der Waals surface area contributed by atoms with Gasteiger partial charge in [-0.25, -0.2) is 0 Å². The molecule has 0 aromatic heterocycles. The van der Waals surface area contributed by atoms with Gasteiger partial charge < -0.3 is 9.47 Å². The van der Waals surface area contributed by atoms with Crippen molar-refractivity contribution < 1.29 is 9.47 Å². The predicted molar refractivity (Wildman–Crippen MR) is 73.3 cm³/mol. The van der Waals surface area contributed by atoms with Crippen molar-refractivity contribution in [2.24, 2.45) is 0 Å². The molecule has 1 fully saturated rings. The Hall–Kier alpha value is -1.80. The van der Waals surface area contributed by atoms with E-state index in [1.165, 1.54) is 22.3 Å². The Morgan fingerprint density at radius 3 is 2.74 bits per heavy atom. The smallest absolute Gasteiger partial charge is 0.145 e. The second-order valence-corrected chi connectivity index (χ2v) is 5.25. The zero-order chi connectivity index (χ0) is 12.9. The second-order valence-electron chi connectivity index (χ2n) is 5.25. The first-order chi connectivity index (χ1) is 9.33. The fourth-order valence-corrected chi connectivity index (χ4v) is 2.96. The number of rotatable bonds is 1. The number of fused-ring (bicyclic) bond motifs is 4. The normalized spacial score (nSPS) is 23.2. The highest BCUT2D eigenvalue weighted by atomic mass is 16.6. The molecule has 19 heavy (non-hydrogen) atoms. The summed E-state index contributed by atoms with van der Waals surface area (Å²) in [6, 6.07) is 14.9. The van der Waals surface area contributed by atoms with E-state index in [1.54, 1.807) is 0 Å². The van der Waals surface area contributed by atoms with Gasteiger partial charge in [0.15, 0.2) is 0 Å². The lowest BCUT2D eigenvalue weighted by Crippen LogP contribution is -2.12. The highest BCUT2D eigenvalue weighted by molar-refractivity contribution is 5.53. The first-order valence-electron chi connectivity index (χ1n) is 6.82. The molecule has 2 aliphatic heterocycles. The molecule has 0 aliphatic carbocycles. The SMILES string of the molecule is CCc1ccc2c(c1)C1(CO1)c1ccccc1CO2. The topological polar surface area (TPSA) is 21.8 Å². The second kappa shape index (κ2) is 3.84.